The standard InChI is InChI=1S/C17H28Cl3N2/c1-4-22(5-2,6-3)14-10-13-21-16(17(18,19)20)15-11-8-7-9-12-15/h7-9,11-12,16,21H,4-6,10,13-14H2,1-3H3/q+1. The van der Waals surface area contributed by atoms with E-state index in [0.717, 1.165) is 29.6 Å². The van der Waals surface area contributed by atoms with Crippen molar-refractivity contribution in [1.29, 1.82) is 0 Å². The third kappa shape index (κ3) is 5.90. The van der Waals surface area contributed by atoms with Gasteiger partial charge < -0.3 is 9.80 Å². The van der Waals surface area contributed by atoms with Crippen molar-refractivity contribution in [2.75, 3.05) is 32.7 Å². The summed E-state index contributed by atoms with van der Waals surface area (Å²) in [5, 5.41) is 3.42. The Morgan fingerprint density at radius 3 is 2.00 bits per heavy atom. The largest absolute Gasteiger partial charge is 0.324 e. The summed E-state index contributed by atoms with van der Waals surface area (Å²) in [6.45, 7) is 12.3. The minimum absolute atomic E-state index is 0.287. The van der Waals surface area contributed by atoms with E-state index in [0.29, 0.717) is 0 Å². The van der Waals surface area contributed by atoms with Crippen LogP contribution in [0, 0.1) is 0 Å². The topological polar surface area (TPSA) is 12.0 Å². The maximum absolute atomic E-state index is 6.15. The van der Waals surface area contributed by atoms with Crippen molar-refractivity contribution < 1.29 is 4.48 Å². The van der Waals surface area contributed by atoms with E-state index in [-0.39, 0.29) is 6.04 Å². The van der Waals surface area contributed by atoms with Crippen molar-refractivity contribution >= 4 is 34.8 Å². The summed E-state index contributed by atoms with van der Waals surface area (Å²) in [5.74, 6) is 0. The van der Waals surface area contributed by atoms with E-state index in [1.807, 2.05) is 30.3 Å². The molecule has 126 valence electrons. The first kappa shape index (κ1) is 20.1. The van der Waals surface area contributed by atoms with Crippen LogP contribution in [0.1, 0.15) is 38.8 Å². The van der Waals surface area contributed by atoms with Crippen LogP contribution in [-0.2, 0) is 0 Å². The van der Waals surface area contributed by atoms with Gasteiger partial charge in [-0.15, -0.1) is 0 Å². The molecule has 0 heterocycles. The quantitative estimate of drug-likeness (QED) is 0.370. The highest BCUT2D eigenvalue weighted by molar-refractivity contribution is 6.68. The lowest BCUT2D eigenvalue weighted by Crippen LogP contribution is -2.49. The maximum atomic E-state index is 6.15. The summed E-state index contributed by atoms with van der Waals surface area (Å²) in [4.78, 5) is 0. The fourth-order valence-corrected chi connectivity index (χ4v) is 3.48. The molecule has 1 atom stereocenters. The molecule has 2 nitrogen and oxygen atoms in total. The average molecular weight is 367 g/mol. The van der Waals surface area contributed by atoms with Gasteiger partial charge in [0.15, 0.2) is 0 Å². The number of hydrogen-bond acceptors (Lipinski definition) is 1. The average Bonchev–Trinajstić information content (AvgIpc) is 2.51. The van der Waals surface area contributed by atoms with Gasteiger partial charge in [-0.1, -0.05) is 65.1 Å². The molecule has 22 heavy (non-hydrogen) atoms. The highest BCUT2D eigenvalue weighted by Gasteiger charge is 2.33. The molecule has 1 aromatic rings. The van der Waals surface area contributed by atoms with Crippen LogP contribution in [0.25, 0.3) is 0 Å². The summed E-state index contributed by atoms with van der Waals surface area (Å²) in [5.41, 5.74) is 1.00. The molecule has 0 aromatic heterocycles. The Morgan fingerprint density at radius 2 is 1.55 bits per heavy atom. The molecule has 0 aliphatic carbocycles. The second-order valence-corrected chi connectivity index (χ2v) is 8.08. The molecule has 0 radical (unpaired) electrons. The van der Waals surface area contributed by atoms with Gasteiger partial charge in [-0.3, -0.25) is 0 Å². The van der Waals surface area contributed by atoms with E-state index >= 15 is 0 Å². The molecule has 5 heteroatoms. The molecule has 0 aliphatic rings. The van der Waals surface area contributed by atoms with Crippen LogP contribution in [0.15, 0.2) is 30.3 Å². The smallest absolute Gasteiger partial charge is 0.209 e. The minimum Gasteiger partial charge on any atom is -0.324 e. The number of benzene rings is 1. The predicted molar refractivity (Wildman–Crippen MR) is 98.8 cm³/mol. The van der Waals surface area contributed by atoms with Gasteiger partial charge in [0, 0.05) is 13.0 Å². The summed E-state index contributed by atoms with van der Waals surface area (Å²) in [6, 6.07) is 9.59. The zero-order valence-electron chi connectivity index (χ0n) is 13.8. The van der Waals surface area contributed by atoms with Crippen molar-refractivity contribution in [2.24, 2.45) is 0 Å². The third-order valence-corrected chi connectivity index (χ3v) is 5.29. The first-order chi connectivity index (χ1) is 10.4. The Hall–Kier alpha value is 0.01000. The van der Waals surface area contributed by atoms with E-state index in [2.05, 4.69) is 26.1 Å². The van der Waals surface area contributed by atoms with Gasteiger partial charge in [-0.25, -0.2) is 0 Å². The molecule has 0 bridgehead atoms. The second-order valence-electron chi connectivity index (χ2n) is 5.71. The minimum atomic E-state index is -1.35. The van der Waals surface area contributed by atoms with Gasteiger partial charge in [-0.05, 0) is 26.3 Å². The van der Waals surface area contributed by atoms with E-state index in [1.54, 1.807) is 0 Å². The van der Waals surface area contributed by atoms with E-state index < -0.39 is 3.79 Å². The lowest BCUT2D eigenvalue weighted by Gasteiger charge is -2.36. The molecule has 1 N–H and O–H groups in total. The van der Waals surface area contributed by atoms with Gasteiger partial charge in [-0.2, -0.15) is 0 Å². The van der Waals surface area contributed by atoms with Gasteiger partial charge in [0.25, 0.3) is 0 Å². The first-order valence-electron chi connectivity index (χ1n) is 8.08. The van der Waals surface area contributed by atoms with Crippen LogP contribution in [0.5, 0.6) is 0 Å². The number of quaternary nitrogens is 1. The van der Waals surface area contributed by atoms with Crippen molar-refractivity contribution in [1.82, 2.24) is 5.32 Å². The molecule has 0 saturated heterocycles. The van der Waals surface area contributed by atoms with Crippen LogP contribution in [0.4, 0.5) is 0 Å². The summed E-state index contributed by atoms with van der Waals surface area (Å²) < 4.78 is -0.209. The molecule has 1 aromatic carbocycles. The highest BCUT2D eigenvalue weighted by Crippen LogP contribution is 2.39. The van der Waals surface area contributed by atoms with Crippen LogP contribution in [0.2, 0.25) is 0 Å². The Balaban J connectivity index is 2.59. The van der Waals surface area contributed by atoms with E-state index in [4.69, 9.17) is 34.8 Å². The van der Waals surface area contributed by atoms with Gasteiger partial charge in [0.1, 0.15) is 0 Å². The SMILES string of the molecule is CC[N+](CC)(CC)CCCNC(c1ccccc1)C(Cl)(Cl)Cl. The number of halogens is 3. The molecular weight excluding hydrogens is 339 g/mol. The number of nitrogens with zero attached hydrogens (tertiary/aromatic N) is 1. The molecule has 1 rings (SSSR count). The van der Waals surface area contributed by atoms with Gasteiger partial charge in [0.2, 0.25) is 3.79 Å². The normalized spacial score (nSPS) is 14.1. The summed E-state index contributed by atoms with van der Waals surface area (Å²) in [6.07, 6.45) is 1.07. The van der Waals surface area contributed by atoms with Crippen molar-refractivity contribution in [2.45, 2.75) is 37.0 Å². The van der Waals surface area contributed by atoms with Crippen molar-refractivity contribution in [3.8, 4) is 0 Å². The molecule has 0 spiro atoms. The maximum Gasteiger partial charge on any atom is 0.209 e. The van der Waals surface area contributed by atoms with Crippen LogP contribution in [-0.4, -0.2) is 41.0 Å². The Labute approximate surface area is 150 Å². The van der Waals surface area contributed by atoms with Crippen LogP contribution in [0.3, 0.4) is 0 Å². The van der Waals surface area contributed by atoms with Gasteiger partial charge >= 0.3 is 0 Å². The molecule has 0 aliphatic heterocycles. The first-order valence-corrected chi connectivity index (χ1v) is 9.22. The lowest BCUT2D eigenvalue weighted by atomic mass is 10.1. The molecule has 0 amide bonds. The summed E-state index contributed by atoms with van der Waals surface area (Å²) >= 11 is 18.4. The number of alkyl halides is 3. The predicted octanol–water partition coefficient (Wildman–Crippen LogP) is 4.95. The fourth-order valence-electron chi connectivity index (χ4n) is 2.87. The molecule has 0 fully saturated rings. The Kier molecular flexibility index (Phi) is 8.52. The van der Waals surface area contributed by atoms with Crippen molar-refractivity contribution in [3.63, 3.8) is 0 Å². The Morgan fingerprint density at radius 1 is 1.00 bits per heavy atom. The van der Waals surface area contributed by atoms with Crippen LogP contribution >= 0.6 is 34.8 Å². The van der Waals surface area contributed by atoms with E-state index in [9.17, 15) is 0 Å². The zero-order chi connectivity index (χ0) is 16.6. The highest BCUT2D eigenvalue weighted by atomic mass is 35.6. The van der Waals surface area contributed by atoms with E-state index in [1.165, 1.54) is 19.6 Å². The molecule has 1 unspecified atom stereocenters. The lowest BCUT2D eigenvalue weighted by molar-refractivity contribution is -0.923. The monoisotopic (exact) mass is 365 g/mol. The third-order valence-electron chi connectivity index (χ3n) is 4.63. The van der Waals surface area contributed by atoms with Crippen molar-refractivity contribution in [3.05, 3.63) is 35.9 Å². The number of rotatable bonds is 9. The molecule has 0 saturated carbocycles. The van der Waals surface area contributed by atoms with Gasteiger partial charge in [0.05, 0.1) is 32.2 Å². The Bertz CT molecular complexity index is 405. The zero-order valence-corrected chi connectivity index (χ0v) is 16.1. The van der Waals surface area contributed by atoms with Crippen LogP contribution < -0.4 is 5.32 Å². The molecular formula is C17H28Cl3N2+. The summed E-state index contributed by atoms with van der Waals surface area (Å²) in [7, 11) is 0. The fraction of sp³-hybridized carbons (Fsp3) is 0.647. The number of hydrogen-bond donors (Lipinski definition) is 1. The number of nitrogens with one attached hydrogen (secondary N) is 1. The second kappa shape index (κ2) is 9.34.